The molecule has 0 aliphatic heterocycles. The summed E-state index contributed by atoms with van der Waals surface area (Å²) < 4.78 is 0. The fourth-order valence-electron chi connectivity index (χ4n) is 3.22. The van der Waals surface area contributed by atoms with E-state index in [4.69, 9.17) is 10.7 Å². The number of pyridine rings is 1. The number of benzene rings is 2. The molecule has 0 radical (unpaired) electrons. The summed E-state index contributed by atoms with van der Waals surface area (Å²) in [6, 6.07) is 22.2. The molecule has 2 heterocycles. The summed E-state index contributed by atoms with van der Waals surface area (Å²) in [4.78, 5) is 18.8. The summed E-state index contributed by atoms with van der Waals surface area (Å²) >= 11 is 1.34. The minimum Gasteiger partial charge on any atom is -0.397 e. The van der Waals surface area contributed by atoms with E-state index in [1.54, 1.807) is 0 Å². The van der Waals surface area contributed by atoms with E-state index in [1.165, 1.54) is 11.3 Å². The van der Waals surface area contributed by atoms with E-state index in [2.05, 4.69) is 23.5 Å². The molecule has 4 nitrogen and oxygen atoms in total. The second kappa shape index (κ2) is 7.44. The molecule has 0 bridgehead atoms. The summed E-state index contributed by atoms with van der Waals surface area (Å²) in [6.07, 6.45) is 0. The number of amides is 1. The first-order chi connectivity index (χ1) is 13.5. The summed E-state index contributed by atoms with van der Waals surface area (Å²) in [5.74, 6) is -0.157. The Labute approximate surface area is 168 Å². The van der Waals surface area contributed by atoms with Crippen LogP contribution >= 0.6 is 11.3 Å². The summed E-state index contributed by atoms with van der Waals surface area (Å²) in [7, 11) is 0. The molecule has 1 amide bonds. The molecule has 4 aromatic rings. The Morgan fingerprint density at radius 2 is 1.61 bits per heavy atom. The number of carbonyl (C=O) groups is 1. The molecule has 140 valence electrons. The minimum atomic E-state index is -0.157. The molecule has 28 heavy (non-hydrogen) atoms. The van der Waals surface area contributed by atoms with Crippen LogP contribution in [0.4, 0.5) is 5.69 Å². The van der Waals surface area contributed by atoms with E-state index >= 15 is 0 Å². The van der Waals surface area contributed by atoms with Crippen LogP contribution in [0.1, 0.15) is 23.5 Å². The van der Waals surface area contributed by atoms with Crippen molar-refractivity contribution in [2.45, 2.75) is 19.9 Å². The lowest BCUT2D eigenvalue weighted by atomic mass is 9.99. The number of nitrogens with two attached hydrogens (primary N) is 1. The van der Waals surface area contributed by atoms with Gasteiger partial charge in [0.1, 0.15) is 9.71 Å². The third kappa shape index (κ3) is 3.37. The fraction of sp³-hybridized carbons (Fsp3) is 0.130. The number of rotatable bonds is 4. The Bertz CT molecular complexity index is 1130. The van der Waals surface area contributed by atoms with Gasteiger partial charge in [0, 0.05) is 17.0 Å². The predicted molar refractivity (Wildman–Crippen MR) is 118 cm³/mol. The lowest BCUT2D eigenvalue weighted by Gasteiger charge is -2.09. The number of nitrogens with one attached hydrogen (secondary N) is 1. The first-order valence-electron chi connectivity index (χ1n) is 9.19. The van der Waals surface area contributed by atoms with Gasteiger partial charge in [0.15, 0.2) is 0 Å². The van der Waals surface area contributed by atoms with Gasteiger partial charge in [-0.25, -0.2) is 4.98 Å². The zero-order valence-electron chi connectivity index (χ0n) is 15.8. The van der Waals surface area contributed by atoms with E-state index in [9.17, 15) is 4.79 Å². The molecule has 0 saturated heterocycles. The number of nitrogen functional groups attached to an aromatic ring is 1. The van der Waals surface area contributed by atoms with E-state index in [-0.39, 0.29) is 11.9 Å². The standard InChI is InChI=1S/C23H21N3OS/c1-14(2)25-22(27)21-20(24)19-17(15-9-5-3-6-10-15)13-18(26-23(19)28-21)16-11-7-4-8-12-16/h3-14H,24H2,1-2H3,(H,25,27). The molecule has 0 atom stereocenters. The van der Waals surface area contributed by atoms with Crippen molar-refractivity contribution < 1.29 is 4.79 Å². The first-order valence-corrected chi connectivity index (χ1v) is 10.0. The van der Waals surface area contributed by atoms with Gasteiger partial charge in [0.05, 0.1) is 11.4 Å². The van der Waals surface area contributed by atoms with Gasteiger partial charge >= 0.3 is 0 Å². The van der Waals surface area contributed by atoms with Crippen molar-refractivity contribution in [2.24, 2.45) is 0 Å². The molecule has 3 N–H and O–H groups in total. The molecule has 2 aromatic heterocycles. The van der Waals surface area contributed by atoms with E-state index in [1.807, 2.05) is 62.4 Å². The maximum atomic E-state index is 12.6. The van der Waals surface area contributed by atoms with E-state index in [0.717, 1.165) is 32.6 Å². The Morgan fingerprint density at radius 1 is 1.00 bits per heavy atom. The molecule has 0 aliphatic carbocycles. The number of hydrogen-bond donors (Lipinski definition) is 2. The third-order valence-corrected chi connectivity index (χ3v) is 5.58. The molecule has 0 saturated carbocycles. The Hall–Kier alpha value is -3.18. The van der Waals surface area contributed by atoms with Gasteiger partial charge in [0.25, 0.3) is 5.91 Å². The van der Waals surface area contributed by atoms with Crippen molar-refractivity contribution in [3.05, 3.63) is 71.6 Å². The average molecular weight is 388 g/mol. The first kappa shape index (κ1) is 18.2. The molecule has 4 rings (SSSR count). The number of thiophene rings is 1. The Kier molecular flexibility index (Phi) is 4.84. The van der Waals surface area contributed by atoms with Crippen LogP contribution in [0.3, 0.4) is 0 Å². The number of hydrogen-bond acceptors (Lipinski definition) is 4. The van der Waals surface area contributed by atoms with E-state index in [0.29, 0.717) is 10.6 Å². The van der Waals surface area contributed by atoms with Crippen molar-refractivity contribution in [3.63, 3.8) is 0 Å². The van der Waals surface area contributed by atoms with Gasteiger partial charge in [-0.3, -0.25) is 4.79 Å². The van der Waals surface area contributed by atoms with Crippen molar-refractivity contribution >= 4 is 33.1 Å². The smallest absolute Gasteiger partial charge is 0.263 e. The maximum Gasteiger partial charge on any atom is 0.263 e. The van der Waals surface area contributed by atoms with Crippen LogP contribution in [-0.2, 0) is 0 Å². The van der Waals surface area contributed by atoms with Crippen molar-refractivity contribution in [1.82, 2.24) is 10.3 Å². The lowest BCUT2D eigenvalue weighted by Crippen LogP contribution is -2.29. The highest BCUT2D eigenvalue weighted by Gasteiger charge is 2.21. The second-order valence-corrected chi connectivity index (χ2v) is 7.94. The highest BCUT2D eigenvalue weighted by Crippen LogP contribution is 2.41. The summed E-state index contributed by atoms with van der Waals surface area (Å²) in [5, 5.41) is 3.77. The van der Waals surface area contributed by atoms with Crippen LogP contribution < -0.4 is 11.1 Å². The summed E-state index contributed by atoms with van der Waals surface area (Å²) in [6.45, 7) is 3.87. The molecular weight excluding hydrogens is 366 g/mol. The highest BCUT2D eigenvalue weighted by atomic mass is 32.1. The number of anilines is 1. The number of nitrogens with zero attached hydrogens (tertiary/aromatic N) is 1. The van der Waals surface area contributed by atoms with Gasteiger partial charge in [-0.05, 0) is 31.0 Å². The predicted octanol–water partition coefficient (Wildman–Crippen LogP) is 5.35. The normalized spacial score (nSPS) is 11.1. The Morgan fingerprint density at radius 3 is 2.21 bits per heavy atom. The van der Waals surface area contributed by atoms with Crippen molar-refractivity contribution in [2.75, 3.05) is 5.73 Å². The van der Waals surface area contributed by atoms with Crippen LogP contribution in [-0.4, -0.2) is 16.9 Å². The zero-order valence-corrected chi connectivity index (χ0v) is 16.6. The monoisotopic (exact) mass is 387 g/mol. The van der Waals surface area contributed by atoms with Crippen molar-refractivity contribution in [1.29, 1.82) is 0 Å². The Balaban J connectivity index is 1.98. The number of aromatic nitrogens is 1. The maximum absolute atomic E-state index is 12.6. The van der Waals surface area contributed by atoms with Crippen LogP contribution in [0.2, 0.25) is 0 Å². The molecule has 0 aliphatic rings. The van der Waals surface area contributed by atoms with Gasteiger partial charge in [0.2, 0.25) is 0 Å². The molecule has 0 fully saturated rings. The molecule has 0 unspecified atom stereocenters. The molecular formula is C23H21N3OS. The molecule has 5 heteroatoms. The third-order valence-electron chi connectivity index (χ3n) is 4.48. The van der Waals surface area contributed by atoms with Gasteiger partial charge in [-0.1, -0.05) is 60.7 Å². The largest absolute Gasteiger partial charge is 0.397 e. The van der Waals surface area contributed by atoms with Gasteiger partial charge < -0.3 is 11.1 Å². The summed E-state index contributed by atoms with van der Waals surface area (Å²) in [5.41, 5.74) is 10.9. The van der Waals surface area contributed by atoms with E-state index < -0.39 is 0 Å². The van der Waals surface area contributed by atoms with Crippen LogP contribution in [0, 0.1) is 0 Å². The lowest BCUT2D eigenvalue weighted by molar-refractivity contribution is 0.0948. The fourth-order valence-corrected chi connectivity index (χ4v) is 4.24. The molecule has 0 spiro atoms. The van der Waals surface area contributed by atoms with Gasteiger partial charge in [-0.2, -0.15) is 0 Å². The average Bonchev–Trinajstić information content (AvgIpc) is 3.05. The van der Waals surface area contributed by atoms with Crippen LogP contribution in [0.25, 0.3) is 32.6 Å². The highest BCUT2D eigenvalue weighted by molar-refractivity contribution is 7.21. The van der Waals surface area contributed by atoms with Gasteiger partial charge in [-0.15, -0.1) is 11.3 Å². The van der Waals surface area contributed by atoms with Crippen LogP contribution in [0.5, 0.6) is 0 Å². The number of fused-ring (bicyclic) bond motifs is 1. The van der Waals surface area contributed by atoms with Crippen molar-refractivity contribution in [3.8, 4) is 22.4 Å². The topological polar surface area (TPSA) is 68.0 Å². The zero-order chi connectivity index (χ0) is 19.7. The SMILES string of the molecule is CC(C)NC(=O)c1sc2nc(-c3ccccc3)cc(-c3ccccc3)c2c1N. The van der Waals surface area contributed by atoms with Crippen LogP contribution in [0.15, 0.2) is 66.7 Å². The number of carbonyl (C=O) groups excluding carboxylic acids is 1. The molecule has 2 aromatic carbocycles. The second-order valence-electron chi connectivity index (χ2n) is 6.94. The quantitative estimate of drug-likeness (QED) is 0.496. The minimum absolute atomic E-state index is 0.0403.